The lowest BCUT2D eigenvalue weighted by molar-refractivity contribution is 0.445. The van der Waals surface area contributed by atoms with Crippen LogP contribution < -0.4 is 4.90 Å². The summed E-state index contributed by atoms with van der Waals surface area (Å²) in [5.74, 6) is 0.581. The van der Waals surface area contributed by atoms with Gasteiger partial charge in [0.05, 0.1) is 5.69 Å². The quantitative estimate of drug-likeness (QED) is 0.161. The van der Waals surface area contributed by atoms with Gasteiger partial charge in [0.25, 0.3) is 0 Å². The molecule has 0 bridgehead atoms. The molecule has 1 aliphatic rings. The van der Waals surface area contributed by atoms with Crippen molar-refractivity contribution in [2.45, 2.75) is 38.0 Å². The number of anilines is 3. The molecular formula is C58H43NO2. The molecule has 1 aliphatic carbocycles. The van der Waals surface area contributed by atoms with Crippen molar-refractivity contribution in [1.82, 2.24) is 0 Å². The van der Waals surface area contributed by atoms with Gasteiger partial charge in [0, 0.05) is 44.0 Å². The molecule has 0 radical (unpaired) electrons. The fourth-order valence-corrected chi connectivity index (χ4v) is 10.1. The van der Waals surface area contributed by atoms with Crippen molar-refractivity contribution in [1.29, 1.82) is 0 Å². The first kappa shape index (κ1) is 35.6. The number of nitrogens with zero attached hydrogens (tertiary/aromatic N) is 1. The van der Waals surface area contributed by atoms with Crippen molar-refractivity contribution in [2.24, 2.45) is 0 Å². The molecule has 1 fully saturated rings. The summed E-state index contributed by atoms with van der Waals surface area (Å²) in [6.07, 6.45) is 6.45. The molecule has 292 valence electrons. The van der Waals surface area contributed by atoms with Gasteiger partial charge in [0.1, 0.15) is 22.3 Å². The molecule has 0 spiro atoms. The van der Waals surface area contributed by atoms with E-state index in [1.54, 1.807) is 0 Å². The van der Waals surface area contributed by atoms with Gasteiger partial charge >= 0.3 is 0 Å². The topological polar surface area (TPSA) is 29.5 Å². The van der Waals surface area contributed by atoms with Crippen LogP contribution in [0.5, 0.6) is 0 Å². The second-order valence-corrected chi connectivity index (χ2v) is 16.6. The Labute approximate surface area is 355 Å². The molecule has 0 atom stereocenters. The van der Waals surface area contributed by atoms with Gasteiger partial charge in [-0.25, -0.2) is 0 Å². The molecule has 11 aromatic rings. The molecule has 0 amide bonds. The van der Waals surface area contributed by atoms with Crippen molar-refractivity contribution >= 4 is 71.7 Å². The summed E-state index contributed by atoms with van der Waals surface area (Å²) in [6.45, 7) is 0. The highest BCUT2D eigenvalue weighted by molar-refractivity contribution is 6.10. The van der Waals surface area contributed by atoms with Crippen LogP contribution in [0, 0.1) is 0 Å². The Morgan fingerprint density at radius 1 is 0.393 bits per heavy atom. The Morgan fingerprint density at radius 3 is 1.75 bits per heavy atom. The standard InChI is InChI=1S/C58H43NO2/c1-2-13-39(14-3-1)45-20-10-15-41-16-11-22-50(57(41)45)47-17-4-7-24-53(47)59(43-32-27-38(28-33-43)42-31-36-56-52(37-42)49-19-6-8-25-54(49)60-56)44-34-29-40(30-35-44)46-21-12-23-51-48-18-5-9-26-55(48)61-58(46)51/h4-12,15-37,39H,1-3,13-14H2. The Bertz CT molecular complexity index is 3400. The normalized spacial score (nSPS) is 13.5. The molecular weight excluding hydrogens is 743 g/mol. The zero-order chi connectivity index (χ0) is 40.3. The largest absolute Gasteiger partial charge is 0.456 e. The minimum absolute atomic E-state index is 0.581. The minimum atomic E-state index is 0.581. The van der Waals surface area contributed by atoms with Crippen LogP contribution in [-0.2, 0) is 0 Å². The highest BCUT2D eigenvalue weighted by Gasteiger charge is 2.23. The summed E-state index contributed by atoms with van der Waals surface area (Å²) in [4.78, 5) is 2.43. The Morgan fingerprint density at radius 2 is 0.967 bits per heavy atom. The van der Waals surface area contributed by atoms with Gasteiger partial charge in [-0.1, -0.05) is 159 Å². The Hall–Kier alpha value is -7.36. The maximum Gasteiger partial charge on any atom is 0.143 e. The van der Waals surface area contributed by atoms with Crippen LogP contribution in [0.15, 0.2) is 203 Å². The number of furan rings is 2. The molecule has 61 heavy (non-hydrogen) atoms. The summed E-state index contributed by atoms with van der Waals surface area (Å²) in [7, 11) is 0. The van der Waals surface area contributed by atoms with Gasteiger partial charge in [-0.15, -0.1) is 0 Å². The van der Waals surface area contributed by atoms with Crippen molar-refractivity contribution < 1.29 is 8.83 Å². The second-order valence-electron chi connectivity index (χ2n) is 16.6. The van der Waals surface area contributed by atoms with E-state index in [0.29, 0.717) is 5.92 Å². The van der Waals surface area contributed by atoms with Crippen LogP contribution in [0.3, 0.4) is 0 Å². The highest BCUT2D eigenvalue weighted by atomic mass is 16.3. The van der Waals surface area contributed by atoms with Gasteiger partial charge in [0.2, 0.25) is 0 Å². The average Bonchev–Trinajstić information content (AvgIpc) is 3.91. The number of hydrogen-bond acceptors (Lipinski definition) is 3. The summed E-state index contributed by atoms with van der Waals surface area (Å²) in [5, 5.41) is 7.23. The van der Waals surface area contributed by atoms with Crippen molar-refractivity contribution in [3.05, 3.63) is 200 Å². The predicted molar refractivity (Wildman–Crippen MR) is 255 cm³/mol. The van der Waals surface area contributed by atoms with Crippen LogP contribution >= 0.6 is 0 Å². The zero-order valence-corrected chi connectivity index (χ0v) is 33.9. The van der Waals surface area contributed by atoms with Gasteiger partial charge in [0.15, 0.2) is 0 Å². The SMILES string of the molecule is c1ccc(N(c2ccc(-c3ccc4oc5ccccc5c4c3)cc2)c2ccc(-c3cccc4c3oc3ccccc34)cc2)c(-c2cccc3cccc(C4CCCCC4)c23)c1. The lowest BCUT2D eigenvalue weighted by Crippen LogP contribution is -2.11. The van der Waals surface area contributed by atoms with E-state index in [9.17, 15) is 0 Å². The smallest absolute Gasteiger partial charge is 0.143 e. The summed E-state index contributed by atoms with van der Waals surface area (Å²) in [6, 6.07) is 70.4. The molecule has 2 heterocycles. The summed E-state index contributed by atoms with van der Waals surface area (Å²) >= 11 is 0. The third kappa shape index (κ3) is 6.11. The van der Waals surface area contributed by atoms with Crippen LogP contribution in [0.4, 0.5) is 17.1 Å². The first-order valence-corrected chi connectivity index (χ1v) is 21.7. The Balaban J connectivity index is 1.00. The van der Waals surface area contributed by atoms with E-state index in [4.69, 9.17) is 8.83 Å². The number of para-hydroxylation sites is 4. The Kier molecular flexibility index (Phi) is 8.59. The van der Waals surface area contributed by atoms with E-state index < -0.39 is 0 Å². The van der Waals surface area contributed by atoms with Gasteiger partial charge in [-0.05, 0) is 112 Å². The van der Waals surface area contributed by atoms with E-state index in [2.05, 4.69) is 181 Å². The van der Waals surface area contributed by atoms with E-state index in [1.165, 1.54) is 59.6 Å². The number of hydrogen-bond donors (Lipinski definition) is 0. The van der Waals surface area contributed by atoms with Crippen LogP contribution in [0.1, 0.15) is 43.6 Å². The summed E-state index contributed by atoms with van der Waals surface area (Å²) < 4.78 is 12.6. The average molecular weight is 786 g/mol. The van der Waals surface area contributed by atoms with Crippen molar-refractivity contribution in [3.63, 3.8) is 0 Å². The van der Waals surface area contributed by atoms with Crippen LogP contribution in [0.25, 0.3) is 88.0 Å². The van der Waals surface area contributed by atoms with Gasteiger partial charge in [-0.2, -0.15) is 0 Å². The van der Waals surface area contributed by atoms with E-state index in [0.717, 1.165) is 83.2 Å². The maximum atomic E-state index is 6.48. The maximum absolute atomic E-state index is 6.48. The highest BCUT2D eigenvalue weighted by Crippen LogP contribution is 2.47. The van der Waals surface area contributed by atoms with E-state index in [1.807, 2.05) is 18.2 Å². The molecule has 3 heteroatoms. The molecule has 0 aliphatic heterocycles. The molecule has 1 saturated carbocycles. The number of rotatable bonds is 7. The molecule has 0 N–H and O–H groups in total. The fraction of sp³-hybridized carbons (Fsp3) is 0.103. The molecule has 12 rings (SSSR count). The third-order valence-electron chi connectivity index (χ3n) is 13.1. The molecule has 9 aromatic carbocycles. The lowest BCUT2D eigenvalue weighted by atomic mass is 9.80. The van der Waals surface area contributed by atoms with Crippen molar-refractivity contribution in [2.75, 3.05) is 4.90 Å². The lowest BCUT2D eigenvalue weighted by Gasteiger charge is -2.29. The van der Waals surface area contributed by atoms with Crippen molar-refractivity contribution in [3.8, 4) is 33.4 Å². The monoisotopic (exact) mass is 785 g/mol. The molecule has 2 aromatic heterocycles. The van der Waals surface area contributed by atoms with E-state index >= 15 is 0 Å². The zero-order valence-electron chi connectivity index (χ0n) is 33.9. The third-order valence-corrected chi connectivity index (χ3v) is 13.1. The molecule has 0 unspecified atom stereocenters. The van der Waals surface area contributed by atoms with E-state index in [-0.39, 0.29) is 0 Å². The van der Waals surface area contributed by atoms with Gasteiger partial charge in [-0.3, -0.25) is 0 Å². The first-order chi connectivity index (χ1) is 30.2. The molecule has 3 nitrogen and oxygen atoms in total. The number of fused-ring (bicyclic) bond motifs is 7. The minimum Gasteiger partial charge on any atom is -0.456 e. The molecule has 0 saturated heterocycles. The number of benzene rings is 9. The predicted octanol–water partition coefficient (Wildman–Crippen LogP) is 17.2. The fourth-order valence-electron chi connectivity index (χ4n) is 10.1. The first-order valence-electron chi connectivity index (χ1n) is 21.7. The second kappa shape index (κ2) is 14.7. The van der Waals surface area contributed by atoms with Gasteiger partial charge < -0.3 is 13.7 Å². The summed E-state index contributed by atoms with van der Waals surface area (Å²) in [5.41, 5.74) is 15.5. The van der Waals surface area contributed by atoms with Crippen LogP contribution in [0.2, 0.25) is 0 Å². The van der Waals surface area contributed by atoms with Crippen LogP contribution in [-0.4, -0.2) is 0 Å².